The monoisotopic (exact) mass is 469 g/mol. The lowest BCUT2D eigenvalue weighted by Gasteiger charge is -2.23. The van der Waals surface area contributed by atoms with Gasteiger partial charge in [-0.2, -0.15) is 0 Å². The summed E-state index contributed by atoms with van der Waals surface area (Å²) in [7, 11) is 0. The summed E-state index contributed by atoms with van der Waals surface area (Å²) >= 11 is 0.977. The van der Waals surface area contributed by atoms with Crippen molar-refractivity contribution in [3.05, 3.63) is 83.2 Å². The molecule has 0 unspecified atom stereocenters. The molecule has 0 aliphatic carbocycles. The van der Waals surface area contributed by atoms with Gasteiger partial charge in [0.25, 0.3) is 0 Å². The number of thiazole rings is 1. The Labute approximate surface area is 205 Å². The topological polar surface area (TPSA) is 38.9 Å². The van der Waals surface area contributed by atoms with Crippen LogP contribution >= 0.6 is 11.3 Å². The molecule has 6 aromatic rings. The summed E-state index contributed by atoms with van der Waals surface area (Å²) in [4.78, 5) is 8.57. The lowest BCUT2D eigenvalue weighted by atomic mass is 9.82. The molecule has 0 saturated heterocycles. The summed E-state index contributed by atoms with van der Waals surface area (Å²) < 4.78 is 44.9. The summed E-state index contributed by atoms with van der Waals surface area (Å²) in [6.07, 6.45) is 1.69. The Balaban J connectivity index is 1.46. The van der Waals surface area contributed by atoms with Crippen LogP contribution in [-0.2, 0) is 5.41 Å². The van der Waals surface area contributed by atoms with E-state index in [1.54, 1.807) is 24.4 Å². The molecule has 0 radical (unpaired) electrons. The van der Waals surface area contributed by atoms with Crippen LogP contribution < -0.4 is 0 Å². The molecule has 0 fully saturated rings. The zero-order valence-electron chi connectivity index (χ0n) is 21.9. The average molecular weight is 470 g/mol. The van der Waals surface area contributed by atoms with Crippen LogP contribution in [0, 0.1) is 12.7 Å². The third kappa shape index (κ3) is 3.31. The SMILES string of the molecule is [2H]C([2H])([2H])c1nc2c(F)c(-c3cc4oc5cc(-c6ccccc6C(C)(C)C)ccc5c4cn3)ccc2s1. The molecule has 168 valence electrons. The van der Waals surface area contributed by atoms with Crippen LogP contribution in [0.3, 0.4) is 0 Å². The second-order valence-electron chi connectivity index (χ2n) is 9.47. The highest BCUT2D eigenvalue weighted by atomic mass is 32.1. The Kier molecular flexibility index (Phi) is 3.92. The maximum atomic E-state index is 15.4. The van der Waals surface area contributed by atoms with Crippen molar-refractivity contribution < 1.29 is 12.9 Å². The molecule has 5 heteroatoms. The van der Waals surface area contributed by atoms with Crippen molar-refractivity contribution in [2.24, 2.45) is 0 Å². The molecule has 3 nitrogen and oxygen atoms in total. The number of nitrogens with zero attached hydrogens (tertiary/aromatic N) is 2. The summed E-state index contributed by atoms with van der Waals surface area (Å²) in [5.41, 5.74) is 5.48. The van der Waals surface area contributed by atoms with Gasteiger partial charge in [0.15, 0.2) is 5.82 Å². The molecule has 0 spiro atoms. The van der Waals surface area contributed by atoms with Crippen LogP contribution in [0.2, 0.25) is 0 Å². The zero-order chi connectivity index (χ0) is 26.1. The summed E-state index contributed by atoms with van der Waals surface area (Å²) in [6.45, 7) is 4.22. The normalized spacial score (nSPS) is 13.9. The van der Waals surface area contributed by atoms with Crippen LogP contribution in [0.5, 0.6) is 0 Å². The second-order valence-corrected chi connectivity index (χ2v) is 10.5. The first-order valence-electron chi connectivity index (χ1n) is 12.5. The Morgan fingerprint density at radius 2 is 1.76 bits per heavy atom. The highest BCUT2D eigenvalue weighted by molar-refractivity contribution is 7.18. The molecule has 0 aliphatic rings. The number of hydrogen-bond acceptors (Lipinski definition) is 4. The van der Waals surface area contributed by atoms with Gasteiger partial charge in [-0.25, -0.2) is 9.37 Å². The fourth-order valence-corrected chi connectivity index (χ4v) is 5.25. The van der Waals surface area contributed by atoms with Crippen LogP contribution in [0.25, 0.3) is 54.5 Å². The van der Waals surface area contributed by atoms with Crippen molar-refractivity contribution in [2.45, 2.75) is 33.0 Å². The number of halogens is 1. The summed E-state index contributed by atoms with van der Waals surface area (Å²) in [5.74, 6) is -0.590. The van der Waals surface area contributed by atoms with Crippen molar-refractivity contribution in [1.29, 1.82) is 0 Å². The third-order valence-electron chi connectivity index (χ3n) is 6.18. The van der Waals surface area contributed by atoms with Crippen LogP contribution in [0.15, 0.2) is 71.3 Å². The number of hydrogen-bond donors (Lipinski definition) is 0. The number of aromatic nitrogens is 2. The Morgan fingerprint density at radius 3 is 2.59 bits per heavy atom. The van der Waals surface area contributed by atoms with Crippen molar-refractivity contribution in [3.63, 3.8) is 0 Å². The predicted molar refractivity (Wildman–Crippen MR) is 139 cm³/mol. The minimum atomic E-state index is -2.38. The molecule has 0 aliphatic heterocycles. The van der Waals surface area contributed by atoms with E-state index in [-0.39, 0.29) is 21.5 Å². The van der Waals surface area contributed by atoms with Gasteiger partial charge in [0, 0.05) is 32.7 Å². The van der Waals surface area contributed by atoms with Crippen LogP contribution in [-0.4, -0.2) is 9.97 Å². The summed E-state index contributed by atoms with van der Waals surface area (Å²) in [5, 5.41) is 1.70. The van der Waals surface area contributed by atoms with E-state index in [0.29, 0.717) is 16.0 Å². The molecule has 0 amide bonds. The third-order valence-corrected chi connectivity index (χ3v) is 7.01. The zero-order valence-corrected chi connectivity index (χ0v) is 19.8. The predicted octanol–water partition coefficient (Wildman–Crippen LogP) is 8.67. The number of pyridine rings is 1. The van der Waals surface area contributed by atoms with Gasteiger partial charge < -0.3 is 4.42 Å². The molecule has 0 N–H and O–H groups in total. The van der Waals surface area contributed by atoms with Gasteiger partial charge in [0.05, 0.1) is 15.4 Å². The van der Waals surface area contributed by atoms with E-state index in [1.807, 2.05) is 18.2 Å². The molecular formula is C29H23FN2OS. The van der Waals surface area contributed by atoms with E-state index < -0.39 is 12.7 Å². The van der Waals surface area contributed by atoms with Gasteiger partial charge >= 0.3 is 0 Å². The minimum absolute atomic E-state index is 0.00894. The smallest absolute Gasteiger partial charge is 0.159 e. The van der Waals surface area contributed by atoms with Crippen LogP contribution in [0.4, 0.5) is 4.39 Å². The van der Waals surface area contributed by atoms with Crippen molar-refractivity contribution in [3.8, 4) is 22.4 Å². The number of furan rings is 1. The maximum absolute atomic E-state index is 15.4. The van der Waals surface area contributed by atoms with Crippen molar-refractivity contribution >= 4 is 43.5 Å². The van der Waals surface area contributed by atoms with E-state index in [0.717, 1.165) is 38.8 Å². The standard InChI is InChI=1S/C29H23FN2OS/c1-16-32-28-26(34-16)12-11-20(27(28)30)23-14-25-21(15-31-23)19-10-9-17(13-24(19)33-25)18-7-5-6-8-22(18)29(2,3)4/h5-15H,1-4H3/i1D3. The first-order chi connectivity index (χ1) is 17.5. The molecule has 3 heterocycles. The fraction of sp³-hybridized carbons (Fsp3) is 0.172. The quantitative estimate of drug-likeness (QED) is 0.255. The molecule has 0 atom stereocenters. The van der Waals surface area contributed by atoms with Gasteiger partial charge in [0.2, 0.25) is 0 Å². The van der Waals surface area contributed by atoms with Gasteiger partial charge in [-0.3, -0.25) is 4.98 Å². The van der Waals surface area contributed by atoms with E-state index in [4.69, 9.17) is 8.53 Å². The molecule has 6 rings (SSSR count). The van der Waals surface area contributed by atoms with E-state index in [2.05, 4.69) is 55.0 Å². The first-order valence-corrected chi connectivity index (χ1v) is 11.8. The first kappa shape index (κ1) is 17.8. The van der Waals surface area contributed by atoms with Gasteiger partial charge in [-0.05, 0) is 53.2 Å². The Morgan fingerprint density at radius 1 is 0.941 bits per heavy atom. The number of fused-ring (bicyclic) bond motifs is 4. The summed E-state index contributed by atoms with van der Waals surface area (Å²) in [6, 6.07) is 19.6. The minimum Gasteiger partial charge on any atom is -0.456 e. The van der Waals surface area contributed by atoms with E-state index in [9.17, 15) is 0 Å². The number of rotatable bonds is 2. The van der Waals surface area contributed by atoms with E-state index in [1.165, 1.54) is 5.56 Å². The average Bonchev–Trinajstić information content (AvgIpc) is 3.45. The molecule has 3 aromatic heterocycles. The number of benzene rings is 3. The van der Waals surface area contributed by atoms with Crippen molar-refractivity contribution in [2.75, 3.05) is 0 Å². The highest BCUT2D eigenvalue weighted by Crippen LogP contribution is 2.38. The lowest BCUT2D eigenvalue weighted by Crippen LogP contribution is -2.12. The Hall–Kier alpha value is -3.57. The molecule has 3 aromatic carbocycles. The highest BCUT2D eigenvalue weighted by Gasteiger charge is 2.20. The molecule has 0 bridgehead atoms. The van der Waals surface area contributed by atoms with Crippen LogP contribution in [0.1, 0.15) is 35.5 Å². The second kappa shape index (κ2) is 7.47. The van der Waals surface area contributed by atoms with Gasteiger partial charge in [0.1, 0.15) is 16.7 Å². The molecule has 34 heavy (non-hydrogen) atoms. The van der Waals surface area contributed by atoms with Gasteiger partial charge in [-0.1, -0.05) is 51.1 Å². The Bertz CT molecular complexity index is 1830. The molecule has 0 saturated carbocycles. The molecular weight excluding hydrogens is 443 g/mol. The number of aryl methyl sites for hydroxylation is 1. The van der Waals surface area contributed by atoms with Crippen molar-refractivity contribution in [1.82, 2.24) is 9.97 Å². The largest absolute Gasteiger partial charge is 0.456 e. The fourth-order valence-electron chi connectivity index (χ4n) is 4.53. The van der Waals surface area contributed by atoms with Gasteiger partial charge in [-0.15, -0.1) is 11.3 Å². The lowest BCUT2D eigenvalue weighted by molar-refractivity contribution is 0.592. The maximum Gasteiger partial charge on any atom is 0.159 e. The van der Waals surface area contributed by atoms with E-state index >= 15 is 4.39 Å².